The van der Waals surface area contributed by atoms with Crippen molar-refractivity contribution in [3.05, 3.63) is 70.9 Å². The number of allylic oxidation sites excluding steroid dienone is 1. The van der Waals surface area contributed by atoms with Crippen molar-refractivity contribution in [2.45, 2.75) is 0 Å². The Bertz CT molecular complexity index is 633. The standard InChI is InChI=1S/C15H13NO4/c17-14-4-2-1-3-11(14)7-10-15(18)12-5-8-13(9-6-12)16(19)20/h1-10,16-17,19H/b10-7+. The van der Waals surface area contributed by atoms with Gasteiger partial charge in [-0.3, -0.25) is 4.79 Å². The largest absolute Gasteiger partial charge is 0.595 e. The molecular formula is C15H13NO4. The summed E-state index contributed by atoms with van der Waals surface area (Å²) >= 11 is 0. The number of hydrogen-bond acceptors (Lipinski definition) is 4. The molecule has 20 heavy (non-hydrogen) atoms. The lowest BCUT2D eigenvalue weighted by Crippen LogP contribution is -2.99. The van der Waals surface area contributed by atoms with Gasteiger partial charge in [-0.25, -0.2) is 5.21 Å². The minimum Gasteiger partial charge on any atom is -0.595 e. The molecule has 0 heterocycles. The Labute approximate surface area is 115 Å². The van der Waals surface area contributed by atoms with Crippen molar-refractivity contribution in [1.29, 1.82) is 0 Å². The molecule has 0 amide bonds. The van der Waals surface area contributed by atoms with E-state index in [1.807, 2.05) is 0 Å². The maximum atomic E-state index is 11.9. The molecule has 0 aliphatic carbocycles. The van der Waals surface area contributed by atoms with Crippen LogP contribution in [-0.2, 0) is 0 Å². The number of aromatic hydroxyl groups is 1. The number of ketones is 1. The van der Waals surface area contributed by atoms with Crippen molar-refractivity contribution in [1.82, 2.24) is 0 Å². The van der Waals surface area contributed by atoms with Crippen LogP contribution in [0.25, 0.3) is 6.08 Å². The number of phenolic OH excluding ortho intramolecular Hbond substituents is 1. The van der Waals surface area contributed by atoms with E-state index in [1.54, 1.807) is 18.2 Å². The number of carbonyl (C=O) groups is 1. The highest BCUT2D eigenvalue weighted by molar-refractivity contribution is 6.07. The summed E-state index contributed by atoms with van der Waals surface area (Å²) in [5.74, 6) is -0.164. The molecular weight excluding hydrogens is 258 g/mol. The fourth-order valence-electron chi connectivity index (χ4n) is 1.67. The Morgan fingerprint density at radius 2 is 1.75 bits per heavy atom. The van der Waals surface area contributed by atoms with Gasteiger partial charge < -0.3 is 10.3 Å². The summed E-state index contributed by atoms with van der Waals surface area (Å²) in [7, 11) is 0. The Kier molecular flexibility index (Phi) is 4.27. The predicted molar refractivity (Wildman–Crippen MR) is 73.7 cm³/mol. The average Bonchev–Trinajstić information content (AvgIpc) is 2.46. The van der Waals surface area contributed by atoms with E-state index < -0.39 is 5.23 Å². The van der Waals surface area contributed by atoms with Crippen molar-refractivity contribution in [2.75, 3.05) is 0 Å². The lowest BCUT2D eigenvalue weighted by atomic mass is 10.1. The quantitative estimate of drug-likeness (QED) is 0.449. The second-order valence-corrected chi connectivity index (χ2v) is 4.14. The van der Waals surface area contributed by atoms with Gasteiger partial charge >= 0.3 is 0 Å². The summed E-state index contributed by atoms with van der Waals surface area (Å²) in [5.41, 5.74) is 1.07. The van der Waals surface area contributed by atoms with Crippen LogP contribution in [0.2, 0.25) is 0 Å². The van der Waals surface area contributed by atoms with E-state index in [1.165, 1.54) is 42.5 Å². The monoisotopic (exact) mass is 271 g/mol. The molecule has 0 saturated heterocycles. The van der Waals surface area contributed by atoms with E-state index in [2.05, 4.69) is 0 Å². The van der Waals surface area contributed by atoms with Crippen molar-refractivity contribution in [3.8, 4) is 5.75 Å². The predicted octanol–water partition coefficient (Wildman–Crippen LogP) is 1.69. The first kappa shape index (κ1) is 14.0. The molecule has 2 aromatic carbocycles. The number of hydrogen-bond donors (Lipinski definition) is 3. The van der Waals surface area contributed by atoms with Crippen molar-refractivity contribution < 1.29 is 20.3 Å². The van der Waals surface area contributed by atoms with Crippen LogP contribution < -0.4 is 5.23 Å². The maximum Gasteiger partial charge on any atom is 0.185 e. The van der Waals surface area contributed by atoms with Crippen molar-refractivity contribution >= 4 is 17.5 Å². The molecule has 1 atom stereocenters. The van der Waals surface area contributed by atoms with Gasteiger partial charge in [0.1, 0.15) is 5.75 Å². The minimum atomic E-state index is -1.03. The fraction of sp³-hybridized carbons (Fsp3) is 0. The summed E-state index contributed by atoms with van der Waals surface area (Å²) in [6, 6.07) is 12.3. The molecule has 102 valence electrons. The minimum absolute atomic E-state index is 0.0952. The number of quaternary nitrogens is 1. The van der Waals surface area contributed by atoms with Crippen LogP contribution in [0.5, 0.6) is 5.75 Å². The third kappa shape index (κ3) is 3.30. The first-order chi connectivity index (χ1) is 9.58. The molecule has 0 saturated carbocycles. The second-order valence-electron chi connectivity index (χ2n) is 4.14. The molecule has 0 aliphatic rings. The molecule has 2 rings (SSSR count). The third-order valence-electron chi connectivity index (χ3n) is 2.77. The van der Waals surface area contributed by atoms with Crippen molar-refractivity contribution in [3.63, 3.8) is 0 Å². The van der Waals surface area contributed by atoms with Gasteiger partial charge in [0.15, 0.2) is 11.5 Å². The second kappa shape index (κ2) is 6.12. The maximum absolute atomic E-state index is 11.9. The zero-order chi connectivity index (χ0) is 14.5. The number of rotatable bonds is 4. The lowest BCUT2D eigenvalue weighted by Gasteiger charge is -2.10. The summed E-state index contributed by atoms with van der Waals surface area (Å²) in [6.45, 7) is 0. The van der Waals surface area contributed by atoms with E-state index in [4.69, 9.17) is 5.21 Å². The highest BCUT2D eigenvalue weighted by atomic mass is 16.8. The molecule has 2 aromatic rings. The normalized spacial score (nSPS) is 12.5. The summed E-state index contributed by atoms with van der Waals surface area (Å²) in [5, 5.41) is 28.0. The zero-order valence-corrected chi connectivity index (χ0v) is 10.5. The van der Waals surface area contributed by atoms with Gasteiger partial charge in [-0.2, -0.15) is 5.23 Å². The molecule has 3 N–H and O–H groups in total. The molecule has 0 aromatic heterocycles. The Balaban J connectivity index is 2.14. The molecule has 0 aliphatic heterocycles. The molecule has 0 bridgehead atoms. The Morgan fingerprint density at radius 3 is 2.35 bits per heavy atom. The van der Waals surface area contributed by atoms with E-state index in [-0.39, 0.29) is 17.2 Å². The lowest BCUT2D eigenvalue weighted by molar-refractivity contribution is -0.991. The molecule has 5 nitrogen and oxygen atoms in total. The highest BCUT2D eigenvalue weighted by Crippen LogP contribution is 2.17. The smallest absolute Gasteiger partial charge is 0.185 e. The molecule has 0 radical (unpaired) electrons. The molecule has 5 heteroatoms. The third-order valence-corrected chi connectivity index (χ3v) is 2.77. The summed E-state index contributed by atoms with van der Waals surface area (Å²) < 4.78 is 0. The number of carbonyl (C=O) groups excluding carboxylic acids is 1. The molecule has 1 unspecified atom stereocenters. The highest BCUT2D eigenvalue weighted by Gasteiger charge is 2.05. The molecule has 0 spiro atoms. The SMILES string of the molecule is O=C(/C=C/c1ccccc1O)c1ccc([NH+]([O-])O)cc1. The van der Waals surface area contributed by atoms with Crippen LogP contribution >= 0.6 is 0 Å². The number of benzene rings is 2. The summed E-state index contributed by atoms with van der Waals surface area (Å²) in [4.78, 5) is 11.9. The average molecular weight is 271 g/mol. The van der Waals surface area contributed by atoms with Crippen LogP contribution in [0, 0.1) is 5.21 Å². The topological polar surface area (TPSA) is 85.0 Å². The Hall–Kier alpha value is -2.47. The van der Waals surface area contributed by atoms with Crippen LogP contribution in [0.4, 0.5) is 5.69 Å². The van der Waals surface area contributed by atoms with E-state index >= 15 is 0 Å². The van der Waals surface area contributed by atoms with E-state index in [9.17, 15) is 15.1 Å². The summed E-state index contributed by atoms with van der Waals surface area (Å²) in [6.07, 6.45) is 2.85. The zero-order valence-electron chi connectivity index (χ0n) is 10.5. The van der Waals surface area contributed by atoms with Crippen LogP contribution in [0.1, 0.15) is 15.9 Å². The van der Waals surface area contributed by atoms with Gasteiger partial charge in [-0.05, 0) is 30.4 Å². The van der Waals surface area contributed by atoms with Crippen LogP contribution in [0.3, 0.4) is 0 Å². The van der Waals surface area contributed by atoms with Crippen LogP contribution in [-0.4, -0.2) is 16.1 Å². The van der Waals surface area contributed by atoms with Gasteiger partial charge in [-0.1, -0.05) is 18.2 Å². The first-order valence-corrected chi connectivity index (χ1v) is 5.91. The van der Waals surface area contributed by atoms with Gasteiger partial charge in [0, 0.05) is 23.3 Å². The number of nitrogens with one attached hydrogen (secondary N) is 1. The number of para-hydroxylation sites is 1. The van der Waals surface area contributed by atoms with E-state index in [0.717, 1.165) is 0 Å². The Morgan fingerprint density at radius 1 is 1.10 bits per heavy atom. The number of phenols is 1. The van der Waals surface area contributed by atoms with Gasteiger partial charge in [0.25, 0.3) is 0 Å². The van der Waals surface area contributed by atoms with Crippen molar-refractivity contribution in [2.24, 2.45) is 0 Å². The van der Waals surface area contributed by atoms with Gasteiger partial charge in [-0.15, -0.1) is 0 Å². The molecule has 0 fully saturated rings. The van der Waals surface area contributed by atoms with Gasteiger partial charge in [0.2, 0.25) is 0 Å². The first-order valence-electron chi connectivity index (χ1n) is 5.91. The van der Waals surface area contributed by atoms with Gasteiger partial charge in [0.05, 0.1) is 0 Å². The fourth-order valence-corrected chi connectivity index (χ4v) is 1.67. The van der Waals surface area contributed by atoms with Crippen LogP contribution in [0.15, 0.2) is 54.6 Å². The van der Waals surface area contributed by atoms with E-state index in [0.29, 0.717) is 11.1 Å².